The highest BCUT2D eigenvalue weighted by Gasteiger charge is 2.30. The van der Waals surface area contributed by atoms with E-state index in [1.807, 2.05) is 0 Å². The Morgan fingerprint density at radius 3 is 2.61 bits per heavy atom. The van der Waals surface area contributed by atoms with Crippen LogP contribution < -0.4 is 0 Å². The molecule has 7 heteroatoms. The van der Waals surface area contributed by atoms with E-state index >= 15 is 0 Å². The van der Waals surface area contributed by atoms with E-state index in [1.54, 1.807) is 24.3 Å². The van der Waals surface area contributed by atoms with Crippen LogP contribution in [-0.4, -0.2) is 16.3 Å². The third-order valence-electron chi connectivity index (χ3n) is 3.33. The maximum atomic E-state index is 12.7. The van der Waals surface area contributed by atoms with Crippen LogP contribution in [0.3, 0.4) is 0 Å². The zero-order valence-electron chi connectivity index (χ0n) is 11.5. The molecule has 0 radical (unpaired) electrons. The summed E-state index contributed by atoms with van der Waals surface area (Å²) in [7, 11) is 0. The summed E-state index contributed by atoms with van der Waals surface area (Å²) in [5.74, 6) is -0.113. The van der Waals surface area contributed by atoms with Crippen LogP contribution in [-0.2, 0) is 6.18 Å². The fraction of sp³-hybridized carbons (Fsp3) is 0.0625. The van der Waals surface area contributed by atoms with E-state index in [0.717, 1.165) is 18.2 Å². The molecule has 0 saturated heterocycles. The second-order valence-corrected chi connectivity index (χ2v) is 5.26. The molecule has 2 aromatic carbocycles. The summed E-state index contributed by atoms with van der Waals surface area (Å²) in [5, 5.41) is 10.7. The molecule has 0 saturated carbocycles. The third kappa shape index (κ3) is 3.03. The summed E-state index contributed by atoms with van der Waals surface area (Å²) in [6.45, 7) is 0. The highest BCUT2D eigenvalue weighted by Crippen LogP contribution is 2.35. The van der Waals surface area contributed by atoms with Crippen LogP contribution in [0.4, 0.5) is 18.9 Å². The topological polar surface area (TPSA) is 48.4 Å². The molecular weight excluding hydrogens is 329 g/mol. The van der Waals surface area contributed by atoms with Crippen molar-refractivity contribution in [3.63, 3.8) is 0 Å². The number of halogens is 4. The number of aromatic hydroxyl groups is 1. The SMILES string of the molecule is Oc1[nH]c2ccccc2c1C=Nc1cc(C(F)(F)F)ccc1Cl. The number of nitrogens with one attached hydrogen (secondary N) is 1. The summed E-state index contributed by atoms with van der Waals surface area (Å²) in [6.07, 6.45) is -3.19. The number of hydrogen-bond donors (Lipinski definition) is 2. The first kappa shape index (κ1) is 15.4. The Bertz CT molecular complexity index is 900. The van der Waals surface area contributed by atoms with Gasteiger partial charge in [-0.2, -0.15) is 13.2 Å². The zero-order chi connectivity index (χ0) is 16.6. The minimum absolute atomic E-state index is 0.0221. The van der Waals surface area contributed by atoms with Crippen molar-refractivity contribution >= 4 is 34.4 Å². The number of para-hydroxylation sites is 1. The zero-order valence-corrected chi connectivity index (χ0v) is 12.3. The fourth-order valence-electron chi connectivity index (χ4n) is 2.20. The molecule has 23 heavy (non-hydrogen) atoms. The van der Waals surface area contributed by atoms with Gasteiger partial charge in [-0.15, -0.1) is 0 Å². The van der Waals surface area contributed by atoms with Crippen molar-refractivity contribution in [1.29, 1.82) is 0 Å². The van der Waals surface area contributed by atoms with Gasteiger partial charge in [-0.3, -0.25) is 4.99 Å². The van der Waals surface area contributed by atoms with Crippen molar-refractivity contribution in [1.82, 2.24) is 4.98 Å². The van der Waals surface area contributed by atoms with Crippen LogP contribution in [0.25, 0.3) is 10.9 Å². The van der Waals surface area contributed by atoms with Crippen molar-refractivity contribution in [2.45, 2.75) is 6.18 Å². The Hall–Kier alpha value is -2.47. The quantitative estimate of drug-likeness (QED) is 0.612. The van der Waals surface area contributed by atoms with Gasteiger partial charge in [0.25, 0.3) is 0 Å². The Labute approximate surface area is 134 Å². The van der Waals surface area contributed by atoms with Crippen molar-refractivity contribution in [3.8, 4) is 5.88 Å². The number of aromatic amines is 1. The van der Waals surface area contributed by atoms with Crippen molar-refractivity contribution in [2.75, 3.05) is 0 Å². The molecule has 118 valence electrons. The van der Waals surface area contributed by atoms with Crippen LogP contribution in [0.1, 0.15) is 11.1 Å². The fourth-order valence-corrected chi connectivity index (χ4v) is 2.37. The van der Waals surface area contributed by atoms with Gasteiger partial charge in [0.2, 0.25) is 0 Å². The van der Waals surface area contributed by atoms with Gasteiger partial charge in [0.05, 0.1) is 21.8 Å². The van der Waals surface area contributed by atoms with E-state index in [0.29, 0.717) is 16.5 Å². The number of hydrogen-bond acceptors (Lipinski definition) is 2. The van der Waals surface area contributed by atoms with E-state index < -0.39 is 11.7 Å². The van der Waals surface area contributed by atoms with Gasteiger partial charge < -0.3 is 10.1 Å². The predicted octanol–water partition coefficient (Wildman–Crippen LogP) is 5.30. The van der Waals surface area contributed by atoms with Gasteiger partial charge in [0.1, 0.15) is 0 Å². The van der Waals surface area contributed by atoms with E-state index in [2.05, 4.69) is 9.98 Å². The number of aromatic nitrogens is 1. The number of fused-ring (bicyclic) bond motifs is 1. The van der Waals surface area contributed by atoms with Crippen LogP contribution >= 0.6 is 11.6 Å². The molecule has 0 aliphatic carbocycles. The highest BCUT2D eigenvalue weighted by molar-refractivity contribution is 6.33. The highest BCUT2D eigenvalue weighted by atomic mass is 35.5. The summed E-state index contributed by atoms with van der Waals surface area (Å²) in [6, 6.07) is 10.0. The number of rotatable bonds is 2. The number of alkyl halides is 3. The molecule has 3 aromatic rings. The molecule has 0 amide bonds. The maximum Gasteiger partial charge on any atom is 0.416 e. The first-order chi connectivity index (χ1) is 10.9. The van der Waals surface area contributed by atoms with Gasteiger partial charge in [0.15, 0.2) is 5.88 Å². The Morgan fingerprint density at radius 1 is 1.13 bits per heavy atom. The monoisotopic (exact) mass is 338 g/mol. The largest absolute Gasteiger partial charge is 0.494 e. The Kier molecular flexibility index (Phi) is 3.77. The molecular formula is C16H10ClF3N2O. The average Bonchev–Trinajstić information content (AvgIpc) is 2.81. The molecule has 0 aliphatic heterocycles. The first-order valence-electron chi connectivity index (χ1n) is 6.57. The van der Waals surface area contributed by atoms with Gasteiger partial charge in [-0.25, -0.2) is 0 Å². The second kappa shape index (κ2) is 5.62. The second-order valence-electron chi connectivity index (χ2n) is 4.86. The standard InChI is InChI=1S/C16H10ClF3N2O/c17-12-6-5-9(16(18,19)20)7-14(12)21-8-11-10-3-1-2-4-13(10)22-15(11)23/h1-8,22-23H. The van der Waals surface area contributed by atoms with Gasteiger partial charge in [-0.05, 0) is 24.3 Å². The van der Waals surface area contributed by atoms with E-state index in [-0.39, 0.29) is 16.6 Å². The van der Waals surface area contributed by atoms with Crippen LogP contribution in [0.5, 0.6) is 5.88 Å². The smallest absolute Gasteiger partial charge is 0.416 e. The van der Waals surface area contributed by atoms with Gasteiger partial charge in [-0.1, -0.05) is 29.8 Å². The van der Waals surface area contributed by atoms with Crippen molar-refractivity contribution in [3.05, 3.63) is 58.6 Å². The normalized spacial score (nSPS) is 12.3. The van der Waals surface area contributed by atoms with E-state index in [1.165, 1.54) is 6.21 Å². The lowest BCUT2D eigenvalue weighted by molar-refractivity contribution is -0.137. The predicted molar refractivity (Wildman–Crippen MR) is 83.7 cm³/mol. The average molecular weight is 339 g/mol. The minimum atomic E-state index is -4.47. The van der Waals surface area contributed by atoms with E-state index in [4.69, 9.17) is 11.6 Å². The van der Waals surface area contributed by atoms with Crippen LogP contribution in [0.2, 0.25) is 5.02 Å². The third-order valence-corrected chi connectivity index (χ3v) is 3.65. The molecule has 3 rings (SSSR count). The molecule has 0 atom stereocenters. The molecule has 0 unspecified atom stereocenters. The summed E-state index contributed by atoms with van der Waals surface area (Å²) < 4.78 is 38.2. The van der Waals surface area contributed by atoms with Crippen LogP contribution in [0, 0.1) is 0 Å². The summed E-state index contributed by atoms with van der Waals surface area (Å²) in [4.78, 5) is 6.76. The lowest BCUT2D eigenvalue weighted by atomic mass is 10.1. The Morgan fingerprint density at radius 2 is 1.87 bits per heavy atom. The van der Waals surface area contributed by atoms with E-state index in [9.17, 15) is 18.3 Å². The van der Waals surface area contributed by atoms with Crippen molar-refractivity contribution in [2.24, 2.45) is 4.99 Å². The van der Waals surface area contributed by atoms with Crippen molar-refractivity contribution < 1.29 is 18.3 Å². The number of nitrogens with zero attached hydrogens (tertiary/aromatic N) is 1. The number of benzene rings is 2. The van der Waals surface area contributed by atoms with Gasteiger partial charge >= 0.3 is 6.18 Å². The molecule has 0 fully saturated rings. The first-order valence-corrected chi connectivity index (χ1v) is 6.94. The van der Waals surface area contributed by atoms with Crippen LogP contribution in [0.15, 0.2) is 47.5 Å². The van der Waals surface area contributed by atoms with Gasteiger partial charge in [0, 0.05) is 17.1 Å². The molecule has 0 bridgehead atoms. The number of aliphatic imine (C=N–C) groups is 1. The molecule has 1 aromatic heterocycles. The summed E-state index contributed by atoms with van der Waals surface area (Å²) >= 11 is 5.89. The molecule has 0 spiro atoms. The summed E-state index contributed by atoms with van der Waals surface area (Å²) in [5.41, 5.74) is 0.221. The molecule has 1 heterocycles. The molecule has 0 aliphatic rings. The Balaban J connectivity index is 2.04. The lowest BCUT2D eigenvalue weighted by Crippen LogP contribution is -2.04. The minimum Gasteiger partial charge on any atom is -0.494 e. The maximum absolute atomic E-state index is 12.7. The lowest BCUT2D eigenvalue weighted by Gasteiger charge is -2.07. The molecule has 2 N–H and O–H groups in total. The molecule has 3 nitrogen and oxygen atoms in total. The number of H-pyrrole nitrogens is 1.